The van der Waals surface area contributed by atoms with Crippen LogP contribution in [0.2, 0.25) is 5.02 Å². The molecule has 1 amide bonds. The third kappa shape index (κ3) is 4.66. The van der Waals surface area contributed by atoms with Gasteiger partial charge in [0.15, 0.2) is 5.16 Å². The molecule has 2 atom stereocenters. The Balaban J connectivity index is 1.80. The predicted octanol–water partition coefficient (Wildman–Crippen LogP) is 4.42. The number of halogens is 1. The highest BCUT2D eigenvalue weighted by atomic mass is 35.5. The van der Waals surface area contributed by atoms with Gasteiger partial charge < -0.3 is 5.32 Å². The van der Waals surface area contributed by atoms with E-state index >= 15 is 0 Å². The average molecular weight is 408 g/mol. The summed E-state index contributed by atoms with van der Waals surface area (Å²) in [6.45, 7) is 6.08. The zero-order chi connectivity index (χ0) is 19.6. The molecule has 0 spiro atoms. The zero-order valence-electron chi connectivity index (χ0n) is 16.0. The molecule has 0 radical (unpaired) electrons. The van der Waals surface area contributed by atoms with Crippen molar-refractivity contribution in [3.8, 4) is 0 Å². The van der Waals surface area contributed by atoms with Gasteiger partial charge in [-0.3, -0.25) is 14.2 Å². The summed E-state index contributed by atoms with van der Waals surface area (Å²) in [5.74, 6) is 0.756. The minimum Gasteiger partial charge on any atom is -0.352 e. The Morgan fingerprint density at radius 1 is 1.37 bits per heavy atom. The minimum atomic E-state index is -0.101. The van der Waals surface area contributed by atoms with Crippen LogP contribution in [0.5, 0.6) is 0 Å². The van der Waals surface area contributed by atoms with Gasteiger partial charge >= 0.3 is 0 Å². The SMILES string of the molecule is CC(C)n1c(SCC(=O)N[C@@H]2CCCC[C@H]2C)nc2cc(Cl)ccc2c1=O. The molecule has 1 N–H and O–H groups in total. The minimum absolute atomic E-state index is 0.00510. The Morgan fingerprint density at radius 3 is 2.81 bits per heavy atom. The molecule has 3 rings (SSSR count). The van der Waals surface area contributed by atoms with Gasteiger partial charge in [-0.15, -0.1) is 0 Å². The van der Waals surface area contributed by atoms with Crippen LogP contribution in [0.1, 0.15) is 52.5 Å². The van der Waals surface area contributed by atoms with E-state index in [0.29, 0.717) is 27.0 Å². The molecule has 0 bridgehead atoms. The molecule has 2 aromatic rings. The highest BCUT2D eigenvalue weighted by Gasteiger charge is 2.23. The highest BCUT2D eigenvalue weighted by molar-refractivity contribution is 7.99. The lowest BCUT2D eigenvalue weighted by Gasteiger charge is -2.29. The van der Waals surface area contributed by atoms with E-state index in [4.69, 9.17) is 11.6 Å². The normalized spacial score (nSPS) is 20.2. The molecule has 1 aromatic carbocycles. The van der Waals surface area contributed by atoms with Crippen molar-refractivity contribution in [2.24, 2.45) is 5.92 Å². The van der Waals surface area contributed by atoms with Gasteiger partial charge in [-0.25, -0.2) is 4.98 Å². The number of aromatic nitrogens is 2. The second kappa shape index (κ2) is 8.65. The summed E-state index contributed by atoms with van der Waals surface area (Å²) >= 11 is 7.36. The van der Waals surface area contributed by atoms with Gasteiger partial charge in [-0.05, 0) is 50.8 Å². The Hall–Kier alpha value is -1.53. The molecule has 146 valence electrons. The fourth-order valence-electron chi connectivity index (χ4n) is 3.62. The maximum absolute atomic E-state index is 12.9. The number of nitrogens with zero attached hydrogens (tertiary/aromatic N) is 2. The number of amides is 1. The summed E-state index contributed by atoms with van der Waals surface area (Å²) in [5, 5.41) is 4.78. The molecule has 1 saturated carbocycles. The number of hydrogen-bond acceptors (Lipinski definition) is 4. The van der Waals surface area contributed by atoms with Crippen LogP contribution in [0.3, 0.4) is 0 Å². The van der Waals surface area contributed by atoms with E-state index in [0.717, 1.165) is 12.8 Å². The lowest BCUT2D eigenvalue weighted by Crippen LogP contribution is -2.42. The average Bonchev–Trinajstić information content (AvgIpc) is 2.61. The summed E-state index contributed by atoms with van der Waals surface area (Å²) in [4.78, 5) is 29.9. The summed E-state index contributed by atoms with van der Waals surface area (Å²) in [7, 11) is 0. The first-order chi connectivity index (χ1) is 12.9. The van der Waals surface area contributed by atoms with Crippen LogP contribution in [0.25, 0.3) is 10.9 Å². The molecule has 1 aliphatic carbocycles. The van der Waals surface area contributed by atoms with E-state index in [1.807, 2.05) is 13.8 Å². The van der Waals surface area contributed by atoms with E-state index in [2.05, 4.69) is 17.2 Å². The van der Waals surface area contributed by atoms with Crippen molar-refractivity contribution in [3.05, 3.63) is 33.6 Å². The van der Waals surface area contributed by atoms with Crippen LogP contribution < -0.4 is 10.9 Å². The largest absolute Gasteiger partial charge is 0.352 e. The molecule has 7 heteroatoms. The van der Waals surface area contributed by atoms with E-state index in [-0.39, 0.29) is 29.3 Å². The first kappa shape index (κ1) is 20.2. The lowest BCUT2D eigenvalue weighted by atomic mass is 9.86. The molecule has 1 heterocycles. The van der Waals surface area contributed by atoms with Crippen molar-refractivity contribution in [2.75, 3.05) is 5.75 Å². The summed E-state index contributed by atoms with van der Waals surface area (Å²) < 4.78 is 1.65. The van der Waals surface area contributed by atoms with E-state index < -0.39 is 0 Å². The molecule has 5 nitrogen and oxygen atoms in total. The zero-order valence-corrected chi connectivity index (χ0v) is 17.6. The monoisotopic (exact) mass is 407 g/mol. The quantitative estimate of drug-likeness (QED) is 0.588. The van der Waals surface area contributed by atoms with Gasteiger partial charge in [0.2, 0.25) is 5.91 Å². The third-order valence-corrected chi connectivity index (χ3v) is 6.33. The van der Waals surface area contributed by atoms with Crippen LogP contribution in [0, 0.1) is 5.92 Å². The number of carbonyl (C=O) groups excluding carboxylic acids is 1. The maximum Gasteiger partial charge on any atom is 0.262 e. The lowest BCUT2D eigenvalue weighted by molar-refractivity contribution is -0.119. The number of carbonyl (C=O) groups is 1. The number of fused-ring (bicyclic) bond motifs is 1. The van der Waals surface area contributed by atoms with Crippen molar-refractivity contribution in [3.63, 3.8) is 0 Å². The Morgan fingerprint density at radius 2 is 2.11 bits per heavy atom. The number of hydrogen-bond donors (Lipinski definition) is 1. The Kier molecular flexibility index (Phi) is 6.48. The Labute approximate surface area is 168 Å². The van der Waals surface area contributed by atoms with Crippen LogP contribution in [-0.2, 0) is 4.79 Å². The number of rotatable bonds is 5. The van der Waals surface area contributed by atoms with Crippen molar-refractivity contribution >= 4 is 40.2 Å². The first-order valence-corrected chi connectivity index (χ1v) is 10.9. The first-order valence-electron chi connectivity index (χ1n) is 9.50. The number of thioether (sulfide) groups is 1. The van der Waals surface area contributed by atoms with Gasteiger partial charge in [-0.2, -0.15) is 0 Å². The summed E-state index contributed by atoms with van der Waals surface area (Å²) in [6.07, 6.45) is 4.62. The summed E-state index contributed by atoms with van der Waals surface area (Å²) in [5.41, 5.74) is 0.462. The standard InChI is InChI=1S/C20H26ClN3O2S/c1-12(2)24-19(26)15-9-8-14(21)10-17(15)23-20(24)27-11-18(25)22-16-7-5-4-6-13(16)3/h8-10,12-13,16H,4-7,11H2,1-3H3,(H,22,25)/t13-,16-/m1/s1. The molecule has 0 saturated heterocycles. The molecule has 0 unspecified atom stereocenters. The van der Waals surface area contributed by atoms with Crippen LogP contribution in [0.15, 0.2) is 28.2 Å². The van der Waals surface area contributed by atoms with Gasteiger partial charge in [0.1, 0.15) is 0 Å². The molecule has 1 aromatic heterocycles. The van der Waals surface area contributed by atoms with Gasteiger partial charge in [0.25, 0.3) is 5.56 Å². The molecule has 1 fully saturated rings. The molecule has 1 aliphatic rings. The smallest absolute Gasteiger partial charge is 0.262 e. The van der Waals surface area contributed by atoms with Crippen molar-refractivity contribution in [2.45, 2.75) is 63.7 Å². The van der Waals surface area contributed by atoms with E-state index in [1.54, 1.807) is 22.8 Å². The molecule has 27 heavy (non-hydrogen) atoms. The fourth-order valence-corrected chi connectivity index (χ4v) is 4.72. The van der Waals surface area contributed by atoms with Gasteiger partial charge in [0, 0.05) is 17.1 Å². The predicted molar refractivity (Wildman–Crippen MR) is 112 cm³/mol. The van der Waals surface area contributed by atoms with Crippen LogP contribution >= 0.6 is 23.4 Å². The van der Waals surface area contributed by atoms with Crippen molar-refractivity contribution in [1.29, 1.82) is 0 Å². The fraction of sp³-hybridized carbons (Fsp3) is 0.550. The van der Waals surface area contributed by atoms with Crippen LogP contribution in [0.4, 0.5) is 0 Å². The molecular formula is C20H26ClN3O2S. The van der Waals surface area contributed by atoms with E-state index in [1.165, 1.54) is 24.6 Å². The third-order valence-electron chi connectivity index (χ3n) is 5.14. The molecule has 0 aliphatic heterocycles. The summed E-state index contributed by atoms with van der Waals surface area (Å²) in [6, 6.07) is 5.30. The van der Waals surface area contributed by atoms with Crippen molar-refractivity contribution in [1.82, 2.24) is 14.9 Å². The maximum atomic E-state index is 12.9. The highest BCUT2D eigenvalue weighted by Crippen LogP contribution is 2.25. The number of nitrogens with one attached hydrogen (secondary N) is 1. The van der Waals surface area contributed by atoms with Crippen molar-refractivity contribution < 1.29 is 4.79 Å². The van der Waals surface area contributed by atoms with Gasteiger partial charge in [-0.1, -0.05) is 43.1 Å². The molecular weight excluding hydrogens is 382 g/mol. The van der Waals surface area contributed by atoms with Gasteiger partial charge in [0.05, 0.1) is 16.7 Å². The van der Waals surface area contributed by atoms with Crippen LogP contribution in [-0.4, -0.2) is 27.3 Å². The van der Waals surface area contributed by atoms with E-state index in [9.17, 15) is 9.59 Å². The second-order valence-corrected chi connectivity index (χ2v) is 8.93. The Bertz CT molecular complexity index is 897. The second-order valence-electron chi connectivity index (χ2n) is 7.55. The number of benzene rings is 1. The topological polar surface area (TPSA) is 64.0 Å².